The van der Waals surface area contributed by atoms with Crippen LogP contribution < -0.4 is 9.97 Å². The molecule has 0 fully saturated rings. The first-order valence-electron chi connectivity index (χ1n) is 15.3. The van der Waals surface area contributed by atoms with Crippen LogP contribution in [0.4, 0.5) is 0 Å². The third-order valence-corrected chi connectivity index (χ3v) is 14.1. The van der Waals surface area contributed by atoms with Crippen molar-refractivity contribution in [3.05, 3.63) is 72.8 Å². The summed E-state index contributed by atoms with van der Waals surface area (Å²) in [4.78, 5) is 35.8. The van der Waals surface area contributed by atoms with Crippen molar-refractivity contribution >= 4 is 123 Å². The summed E-state index contributed by atoms with van der Waals surface area (Å²) in [5, 5.41) is 0.859. The van der Waals surface area contributed by atoms with Crippen molar-refractivity contribution in [1.29, 1.82) is 0 Å². The molecule has 290 valence electrons. The van der Waals surface area contributed by atoms with E-state index in [2.05, 4.69) is 39.9 Å². The van der Waals surface area contributed by atoms with E-state index in [9.17, 15) is 33.7 Å². The molecule has 0 spiro atoms. The molecule has 0 amide bonds. The normalized spacial score (nSPS) is 13.0. The van der Waals surface area contributed by atoms with Crippen LogP contribution in [-0.4, -0.2) is 63.6 Å². The van der Waals surface area contributed by atoms with Gasteiger partial charge in [0.15, 0.2) is 0 Å². The number of halogens is 4. The molecule has 9 rings (SSSR count). The van der Waals surface area contributed by atoms with Crippen molar-refractivity contribution in [1.82, 2.24) is 39.9 Å². The third-order valence-electron chi connectivity index (χ3n) is 8.71. The topological polar surface area (TPSA) is 242 Å². The molecule has 0 saturated carbocycles. The molecule has 5 heterocycles. The SMILES string of the molecule is O=S(=O)(Cl)c1ccc2c(c1)-c1nc-2nc2[n-]c(nc3nc(nc4[n-]c(n1)c1ccc(S(=O)(=O)Cl)cc41)-c1ccc(S(=O)(=O)Cl)cc1-3)c1ccc(S(=O)(=O)Cl)cc21.[Ni+2]. The third kappa shape index (κ3) is 6.93. The predicted molar refractivity (Wildman–Crippen MR) is 206 cm³/mol. The number of rotatable bonds is 4. The summed E-state index contributed by atoms with van der Waals surface area (Å²) in [6.07, 6.45) is 0. The Hall–Kier alpha value is -4.31. The van der Waals surface area contributed by atoms with Crippen LogP contribution in [0.1, 0.15) is 0 Å². The van der Waals surface area contributed by atoms with Gasteiger partial charge in [-0.25, -0.2) is 43.6 Å². The summed E-state index contributed by atoms with van der Waals surface area (Å²) in [7, 11) is 5.80. The molecule has 3 aromatic heterocycles. The van der Waals surface area contributed by atoms with E-state index >= 15 is 0 Å². The van der Waals surface area contributed by atoms with Crippen LogP contribution in [0.15, 0.2) is 92.4 Å². The molecule has 16 nitrogen and oxygen atoms in total. The zero-order valence-electron chi connectivity index (χ0n) is 27.2. The van der Waals surface area contributed by atoms with Crippen molar-refractivity contribution in [2.24, 2.45) is 0 Å². The summed E-state index contributed by atoms with van der Waals surface area (Å²) >= 11 is 0. The fourth-order valence-electron chi connectivity index (χ4n) is 6.19. The number of benzene rings is 4. The van der Waals surface area contributed by atoms with Crippen molar-refractivity contribution < 1.29 is 50.2 Å². The molecule has 2 aliphatic heterocycles. The smallest absolute Gasteiger partial charge is 0.357 e. The second-order valence-electron chi connectivity index (χ2n) is 12.1. The fraction of sp³-hybridized carbons (Fsp3) is 0. The number of hydrogen-bond donors (Lipinski definition) is 0. The van der Waals surface area contributed by atoms with Crippen molar-refractivity contribution in [3.63, 3.8) is 0 Å². The quantitative estimate of drug-likeness (QED) is 0.149. The Labute approximate surface area is 348 Å². The second-order valence-corrected chi connectivity index (χ2v) is 22.3. The molecule has 0 atom stereocenters. The van der Waals surface area contributed by atoms with Gasteiger partial charge < -0.3 is 29.9 Å². The molecule has 2 aliphatic rings. The molecule has 0 saturated heterocycles. The van der Waals surface area contributed by atoms with E-state index in [0.717, 1.165) is 0 Å². The number of hydrogen-bond acceptors (Lipinski definition) is 14. The first kappa shape index (κ1) is 39.5. The molecule has 8 bridgehead atoms. The first-order valence-corrected chi connectivity index (χ1v) is 24.5. The summed E-state index contributed by atoms with van der Waals surface area (Å²) in [6, 6.07) is 15.4. The Morgan fingerprint density at radius 3 is 0.965 bits per heavy atom. The van der Waals surface area contributed by atoms with Crippen molar-refractivity contribution in [2.75, 3.05) is 0 Å². The van der Waals surface area contributed by atoms with E-state index in [0.29, 0.717) is 0 Å². The Balaban J connectivity index is 0.00000455. The fourth-order valence-corrected chi connectivity index (χ4v) is 9.29. The monoisotopic (exact) mass is 962 g/mol. The Morgan fingerprint density at radius 2 is 0.632 bits per heavy atom. The number of nitrogens with zero attached hydrogens (tertiary/aromatic N) is 8. The molecule has 25 heteroatoms. The molecular formula is C32H12Cl4N8NiO8S4. The van der Waals surface area contributed by atoms with Gasteiger partial charge in [0, 0.05) is 87.6 Å². The number of aromatic nitrogens is 8. The van der Waals surface area contributed by atoms with Crippen LogP contribution in [0.3, 0.4) is 0 Å². The minimum atomic E-state index is -4.25. The Morgan fingerprint density at radius 1 is 0.351 bits per heavy atom. The standard InChI is InChI=1S/C32H12Cl4N8O8S4.Ni/c33-53(45,46)13-1-5-17-21(9-13)29-37-25(17)41-30-22-10-14(54(34,47)48)2-6-18(22)27(38-30)43-32-24-12-16(56(36,51)52)4-8-20(24)28(40-32)44-31-23-11-15(55(35,49)50)3-7-19(23)26(39-31)42-29;/h1-12H;/q-2;+2. The van der Waals surface area contributed by atoms with E-state index < -0.39 is 36.2 Å². The van der Waals surface area contributed by atoms with Crippen LogP contribution in [-0.2, 0) is 52.7 Å². The molecule has 4 aromatic carbocycles. The average molecular weight is 965 g/mol. The summed E-state index contributed by atoms with van der Waals surface area (Å²) < 4.78 is 99.2. The first-order chi connectivity index (χ1) is 26.2. The maximum Gasteiger partial charge on any atom is 2.00 e. The van der Waals surface area contributed by atoms with E-state index in [1.807, 2.05) is 0 Å². The molecule has 0 unspecified atom stereocenters. The van der Waals surface area contributed by atoms with E-state index in [1.165, 1.54) is 72.8 Å². The number of fused-ring (bicyclic) bond motifs is 20. The summed E-state index contributed by atoms with van der Waals surface area (Å²) in [6.45, 7) is 0. The van der Waals surface area contributed by atoms with Gasteiger partial charge in [-0.2, -0.15) is 0 Å². The molecular weight excluding hydrogens is 953 g/mol. The van der Waals surface area contributed by atoms with Crippen LogP contribution in [0, 0.1) is 0 Å². The van der Waals surface area contributed by atoms with Crippen LogP contribution >= 0.6 is 42.7 Å². The van der Waals surface area contributed by atoms with Gasteiger partial charge in [0.25, 0.3) is 36.2 Å². The van der Waals surface area contributed by atoms with E-state index in [-0.39, 0.29) is 126 Å². The maximum atomic E-state index is 12.4. The van der Waals surface area contributed by atoms with Crippen LogP contribution in [0.2, 0.25) is 0 Å². The average Bonchev–Trinajstić information content (AvgIpc) is 3.84. The molecule has 7 aromatic rings. The zero-order valence-corrected chi connectivity index (χ0v) is 34.5. The van der Waals surface area contributed by atoms with Gasteiger partial charge in [-0.05, 0) is 70.1 Å². The largest absolute Gasteiger partial charge is 2.00 e. The van der Waals surface area contributed by atoms with Gasteiger partial charge in [-0.1, -0.05) is 24.3 Å². The molecule has 0 radical (unpaired) electrons. The molecule has 57 heavy (non-hydrogen) atoms. The van der Waals surface area contributed by atoms with Gasteiger partial charge >= 0.3 is 16.5 Å². The van der Waals surface area contributed by atoms with Gasteiger partial charge in [-0.15, -0.1) is 0 Å². The predicted octanol–water partition coefficient (Wildman–Crippen LogP) is 5.83. The van der Waals surface area contributed by atoms with Crippen molar-refractivity contribution in [3.8, 4) is 45.6 Å². The summed E-state index contributed by atoms with van der Waals surface area (Å²) in [5.74, 6) is -0.262. The van der Waals surface area contributed by atoms with Gasteiger partial charge in [0.1, 0.15) is 0 Å². The van der Waals surface area contributed by atoms with E-state index in [1.54, 1.807) is 0 Å². The van der Waals surface area contributed by atoms with Crippen LogP contribution in [0.5, 0.6) is 0 Å². The van der Waals surface area contributed by atoms with E-state index in [4.69, 9.17) is 42.7 Å². The summed E-state index contributed by atoms with van der Waals surface area (Å²) in [5.41, 5.74) is 0.598. The van der Waals surface area contributed by atoms with Gasteiger partial charge in [0.2, 0.25) is 0 Å². The zero-order chi connectivity index (χ0) is 39.7. The Bertz CT molecular complexity index is 3390. The minimum absolute atomic E-state index is 0. The Kier molecular flexibility index (Phi) is 9.27. The van der Waals surface area contributed by atoms with Gasteiger partial charge in [-0.3, -0.25) is 0 Å². The van der Waals surface area contributed by atoms with Crippen molar-refractivity contribution in [2.45, 2.75) is 19.6 Å². The maximum absolute atomic E-state index is 12.4. The molecule has 0 aliphatic carbocycles. The molecule has 0 N–H and O–H groups in total. The van der Waals surface area contributed by atoms with Crippen LogP contribution in [0.25, 0.3) is 89.7 Å². The van der Waals surface area contributed by atoms with Gasteiger partial charge in [0.05, 0.1) is 42.9 Å². The minimum Gasteiger partial charge on any atom is -0.357 e. The second kappa shape index (κ2) is 13.4.